The minimum Gasteiger partial charge on any atom is -0.368 e. The number of nitrogens with one attached hydrogen (secondary N) is 1. The molecule has 0 aromatic heterocycles. The number of para-hydroxylation sites is 1. The van der Waals surface area contributed by atoms with Crippen LogP contribution >= 0.6 is 0 Å². The Bertz CT molecular complexity index is 402. The van der Waals surface area contributed by atoms with Crippen molar-refractivity contribution < 1.29 is 0 Å². The molecule has 2 heterocycles. The van der Waals surface area contributed by atoms with E-state index in [1.807, 2.05) is 0 Å². The summed E-state index contributed by atoms with van der Waals surface area (Å²) < 4.78 is 0. The molecule has 0 amide bonds. The number of benzene rings is 1. The molecule has 1 saturated heterocycles. The Morgan fingerprint density at radius 1 is 1.28 bits per heavy atom. The standard InChI is InChI=1S/C16H24N2/c1-2-3-6-11-18-15-8-5-4-7-13(15)14-12-17-10-9-16(14)18/h4-5,7-8,14,16-17H,2-3,6,9-12H2,1H3. The van der Waals surface area contributed by atoms with E-state index in [9.17, 15) is 0 Å². The van der Waals surface area contributed by atoms with E-state index in [0.29, 0.717) is 0 Å². The van der Waals surface area contributed by atoms with Crippen molar-refractivity contribution in [3.05, 3.63) is 29.8 Å². The zero-order chi connectivity index (χ0) is 12.4. The van der Waals surface area contributed by atoms with Gasteiger partial charge in [-0.2, -0.15) is 0 Å². The van der Waals surface area contributed by atoms with Crippen molar-refractivity contribution in [3.63, 3.8) is 0 Å². The van der Waals surface area contributed by atoms with Crippen LogP contribution in [0.5, 0.6) is 0 Å². The highest BCUT2D eigenvalue weighted by atomic mass is 15.2. The van der Waals surface area contributed by atoms with Gasteiger partial charge < -0.3 is 10.2 Å². The lowest BCUT2D eigenvalue weighted by atomic mass is 9.90. The summed E-state index contributed by atoms with van der Waals surface area (Å²) in [5.41, 5.74) is 3.08. The van der Waals surface area contributed by atoms with Gasteiger partial charge in [0, 0.05) is 30.7 Å². The third-order valence-corrected chi connectivity index (χ3v) is 4.49. The summed E-state index contributed by atoms with van der Waals surface area (Å²) in [6, 6.07) is 9.79. The van der Waals surface area contributed by atoms with Gasteiger partial charge in [-0.1, -0.05) is 38.0 Å². The van der Waals surface area contributed by atoms with Crippen molar-refractivity contribution in [2.75, 3.05) is 24.5 Å². The normalized spacial score (nSPS) is 25.9. The van der Waals surface area contributed by atoms with Crippen molar-refractivity contribution in [1.82, 2.24) is 5.32 Å². The minimum absolute atomic E-state index is 0.719. The van der Waals surface area contributed by atoms with Gasteiger partial charge >= 0.3 is 0 Å². The second kappa shape index (κ2) is 5.31. The fraction of sp³-hybridized carbons (Fsp3) is 0.625. The van der Waals surface area contributed by atoms with Crippen molar-refractivity contribution in [1.29, 1.82) is 0 Å². The summed E-state index contributed by atoms with van der Waals surface area (Å²) in [5, 5.41) is 3.56. The second-order valence-corrected chi connectivity index (χ2v) is 5.63. The summed E-state index contributed by atoms with van der Waals surface area (Å²) in [5.74, 6) is 0.719. The monoisotopic (exact) mass is 244 g/mol. The maximum Gasteiger partial charge on any atom is 0.0405 e. The maximum atomic E-state index is 3.56. The summed E-state index contributed by atoms with van der Waals surface area (Å²) in [7, 11) is 0. The summed E-state index contributed by atoms with van der Waals surface area (Å²) in [6.07, 6.45) is 5.30. The Morgan fingerprint density at radius 2 is 2.17 bits per heavy atom. The Kier molecular flexibility index (Phi) is 3.55. The second-order valence-electron chi connectivity index (χ2n) is 5.63. The molecule has 2 nitrogen and oxygen atoms in total. The van der Waals surface area contributed by atoms with E-state index in [1.54, 1.807) is 5.56 Å². The molecule has 18 heavy (non-hydrogen) atoms. The van der Waals surface area contributed by atoms with E-state index in [2.05, 4.69) is 41.4 Å². The van der Waals surface area contributed by atoms with Crippen LogP contribution in [0.3, 0.4) is 0 Å². The largest absolute Gasteiger partial charge is 0.368 e. The average Bonchev–Trinajstić information content (AvgIpc) is 2.74. The first kappa shape index (κ1) is 12.0. The lowest BCUT2D eigenvalue weighted by Crippen LogP contribution is -2.44. The van der Waals surface area contributed by atoms with Crippen molar-refractivity contribution >= 4 is 5.69 Å². The Hall–Kier alpha value is -1.02. The molecule has 98 valence electrons. The number of anilines is 1. The zero-order valence-corrected chi connectivity index (χ0v) is 11.4. The molecule has 1 aromatic carbocycles. The number of nitrogens with zero attached hydrogens (tertiary/aromatic N) is 1. The Morgan fingerprint density at radius 3 is 3.06 bits per heavy atom. The number of fused-ring (bicyclic) bond motifs is 3. The van der Waals surface area contributed by atoms with Gasteiger partial charge in [0.25, 0.3) is 0 Å². The topological polar surface area (TPSA) is 15.3 Å². The quantitative estimate of drug-likeness (QED) is 0.819. The van der Waals surface area contributed by atoms with Gasteiger partial charge in [-0.25, -0.2) is 0 Å². The van der Waals surface area contributed by atoms with E-state index in [4.69, 9.17) is 0 Å². The van der Waals surface area contributed by atoms with Crippen LogP contribution in [-0.2, 0) is 0 Å². The molecule has 3 rings (SSSR count). The van der Waals surface area contributed by atoms with Crippen LogP contribution in [0, 0.1) is 0 Å². The lowest BCUT2D eigenvalue weighted by molar-refractivity contribution is 0.400. The third-order valence-electron chi connectivity index (χ3n) is 4.49. The molecular formula is C16H24N2. The molecule has 2 unspecified atom stereocenters. The van der Waals surface area contributed by atoms with E-state index in [1.165, 1.54) is 44.5 Å². The van der Waals surface area contributed by atoms with Crippen LogP contribution < -0.4 is 10.2 Å². The fourth-order valence-corrected chi connectivity index (χ4v) is 3.59. The van der Waals surface area contributed by atoms with Crippen LogP contribution in [0.25, 0.3) is 0 Å². The SMILES string of the molecule is CCCCCN1c2ccccc2C2CNCCC21. The van der Waals surface area contributed by atoms with E-state index in [0.717, 1.165) is 18.5 Å². The average molecular weight is 244 g/mol. The highest BCUT2D eigenvalue weighted by molar-refractivity contribution is 5.62. The summed E-state index contributed by atoms with van der Waals surface area (Å²) in [4.78, 5) is 2.69. The van der Waals surface area contributed by atoms with Gasteiger partial charge in [0.1, 0.15) is 0 Å². The molecule has 1 N–H and O–H groups in total. The molecular weight excluding hydrogens is 220 g/mol. The number of piperidine rings is 1. The molecule has 2 aliphatic heterocycles. The summed E-state index contributed by atoms with van der Waals surface area (Å²) in [6.45, 7) is 5.86. The van der Waals surface area contributed by atoms with Crippen molar-refractivity contribution in [2.24, 2.45) is 0 Å². The molecule has 2 atom stereocenters. The Balaban J connectivity index is 1.83. The van der Waals surface area contributed by atoms with Gasteiger partial charge in [-0.05, 0) is 31.0 Å². The van der Waals surface area contributed by atoms with Crippen LogP contribution in [-0.4, -0.2) is 25.7 Å². The van der Waals surface area contributed by atoms with Gasteiger partial charge in [-0.15, -0.1) is 0 Å². The zero-order valence-electron chi connectivity index (χ0n) is 11.4. The van der Waals surface area contributed by atoms with Crippen LogP contribution in [0.4, 0.5) is 5.69 Å². The lowest BCUT2D eigenvalue weighted by Gasteiger charge is -2.34. The molecule has 0 aliphatic carbocycles. The smallest absolute Gasteiger partial charge is 0.0405 e. The van der Waals surface area contributed by atoms with Crippen LogP contribution in [0.1, 0.15) is 44.1 Å². The van der Waals surface area contributed by atoms with Crippen LogP contribution in [0.15, 0.2) is 24.3 Å². The van der Waals surface area contributed by atoms with Gasteiger partial charge in [0.05, 0.1) is 0 Å². The predicted molar refractivity (Wildman–Crippen MR) is 77.3 cm³/mol. The molecule has 0 bridgehead atoms. The molecule has 2 heteroatoms. The first-order valence-electron chi connectivity index (χ1n) is 7.48. The minimum atomic E-state index is 0.719. The highest BCUT2D eigenvalue weighted by Gasteiger charge is 2.38. The van der Waals surface area contributed by atoms with Crippen LogP contribution in [0.2, 0.25) is 0 Å². The Labute approximate surface area is 110 Å². The van der Waals surface area contributed by atoms with E-state index < -0.39 is 0 Å². The molecule has 0 saturated carbocycles. The van der Waals surface area contributed by atoms with E-state index in [-0.39, 0.29) is 0 Å². The van der Waals surface area contributed by atoms with Crippen molar-refractivity contribution in [2.45, 2.75) is 44.6 Å². The first-order chi connectivity index (χ1) is 8.92. The molecule has 1 aromatic rings. The molecule has 0 spiro atoms. The number of unbranched alkanes of at least 4 members (excludes halogenated alkanes) is 2. The number of rotatable bonds is 4. The van der Waals surface area contributed by atoms with E-state index >= 15 is 0 Å². The summed E-state index contributed by atoms with van der Waals surface area (Å²) >= 11 is 0. The molecule has 1 fully saturated rings. The number of hydrogen-bond donors (Lipinski definition) is 1. The van der Waals surface area contributed by atoms with Gasteiger partial charge in [0.15, 0.2) is 0 Å². The van der Waals surface area contributed by atoms with Crippen molar-refractivity contribution in [3.8, 4) is 0 Å². The predicted octanol–water partition coefficient (Wildman–Crippen LogP) is 3.14. The highest BCUT2D eigenvalue weighted by Crippen LogP contribution is 2.42. The first-order valence-corrected chi connectivity index (χ1v) is 7.48. The fourth-order valence-electron chi connectivity index (χ4n) is 3.59. The molecule has 0 radical (unpaired) electrons. The third kappa shape index (κ3) is 2.03. The maximum absolute atomic E-state index is 3.56. The molecule has 2 aliphatic rings. The number of hydrogen-bond acceptors (Lipinski definition) is 2. The van der Waals surface area contributed by atoms with Gasteiger partial charge in [-0.3, -0.25) is 0 Å². The van der Waals surface area contributed by atoms with Gasteiger partial charge in [0.2, 0.25) is 0 Å².